The summed E-state index contributed by atoms with van der Waals surface area (Å²) in [5.74, 6) is -0.575. The van der Waals surface area contributed by atoms with Crippen molar-refractivity contribution in [3.63, 3.8) is 0 Å². The van der Waals surface area contributed by atoms with Gasteiger partial charge in [-0.15, -0.1) is 0 Å². The van der Waals surface area contributed by atoms with Gasteiger partial charge in [0.1, 0.15) is 5.60 Å². The van der Waals surface area contributed by atoms with Crippen molar-refractivity contribution in [3.05, 3.63) is 106 Å². The second kappa shape index (κ2) is 13.5. The van der Waals surface area contributed by atoms with E-state index in [2.05, 4.69) is 15.9 Å². The molecule has 0 saturated carbocycles. The quantitative estimate of drug-likeness (QED) is 0.128. The first-order valence-electron chi connectivity index (χ1n) is 13.2. The minimum Gasteiger partial charge on any atom is -0.458 e. The van der Waals surface area contributed by atoms with Crippen LogP contribution in [0.25, 0.3) is 0 Å². The molecule has 3 aromatic rings. The van der Waals surface area contributed by atoms with Crippen LogP contribution in [0, 0.1) is 0 Å². The van der Waals surface area contributed by atoms with E-state index >= 15 is 8.78 Å². The molecule has 3 rings (SSSR count). The number of carbonyl (C=O) groups excluding carboxylic acids is 1. The standard InChI is InChI=1S/C31H35BrF2NO5P/c1-6-21(2)40-41(37,38)31(33,34)25-18-17-22(19-26(25)32)20-27(29(36)39-30(3,4)5)35-28(23-13-9-7-10-14-23)24-15-11-8-12-16-24/h7-19,21,27H,6,20H2,1-5H3,(H,37,38). The molecular weight excluding hydrogens is 615 g/mol. The lowest BCUT2D eigenvalue weighted by molar-refractivity contribution is -0.156. The highest BCUT2D eigenvalue weighted by molar-refractivity contribution is 9.10. The van der Waals surface area contributed by atoms with Gasteiger partial charge in [0.2, 0.25) is 0 Å². The van der Waals surface area contributed by atoms with E-state index in [1.807, 2.05) is 60.7 Å². The van der Waals surface area contributed by atoms with Gasteiger partial charge >= 0.3 is 19.2 Å². The average molecular weight is 650 g/mol. The number of benzene rings is 3. The van der Waals surface area contributed by atoms with Gasteiger partial charge in [0.15, 0.2) is 6.04 Å². The number of halogens is 3. The van der Waals surface area contributed by atoms with E-state index in [1.54, 1.807) is 27.7 Å². The molecule has 0 bridgehead atoms. The summed E-state index contributed by atoms with van der Waals surface area (Å²) < 4.78 is 53.3. The summed E-state index contributed by atoms with van der Waals surface area (Å²) in [5.41, 5.74) is -2.98. The fourth-order valence-electron chi connectivity index (χ4n) is 3.90. The Balaban J connectivity index is 2.04. The summed E-state index contributed by atoms with van der Waals surface area (Å²) in [5, 5.41) is 0. The summed E-state index contributed by atoms with van der Waals surface area (Å²) in [4.78, 5) is 28.4. The second-order valence-electron chi connectivity index (χ2n) is 10.7. The Morgan fingerprint density at radius 2 is 1.54 bits per heavy atom. The molecule has 220 valence electrons. The molecule has 1 N–H and O–H groups in total. The number of hydrogen-bond acceptors (Lipinski definition) is 5. The molecule has 0 aromatic heterocycles. The maximum absolute atomic E-state index is 15.2. The van der Waals surface area contributed by atoms with Crippen LogP contribution in [0.5, 0.6) is 0 Å². The van der Waals surface area contributed by atoms with Crippen molar-refractivity contribution in [1.29, 1.82) is 0 Å². The molecule has 0 aliphatic heterocycles. The highest BCUT2D eigenvalue weighted by Gasteiger charge is 2.54. The van der Waals surface area contributed by atoms with Crippen LogP contribution in [0.2, 0.25) is 0 Å². The Bertz CT molecular complexity index is 1370. The molecule has 3 aromatic carbocycles. The zero-order valence-corrected chi connectivity index (χ0v) is 26.2. The van der Waals surface area contributed by atoms with Crippen molar-refractivity contribution < 1.29 is 32.3 Å². The van der Waals surface area contributed by atoms with Gasteiger partial charge in [-0.3, -0.25) is 9.56 Å². The first-order chi connectivity index (χ1) is 19.1. The monoisotopic (exact) mass is 649 g/mol. The van der Waals surface area contributed by atoms with Gasteiger partial charge in [-0.1, -0.05) is 95.7 Å². The number of nitrogens with zero attached hydrogens (tertiary/aromatic N) is 1. The minimum atomic E-state index is -5.35. The number of aliphatic imine (C=N–C) groups is 1. The normalized spacial score (nSPS) is 15.0. The molecule has 0 fully saturated rings. The topological polar surface area (TPSA) is 85.2 Å². The van der Waals surface area contributed by atoms with Crippen molar-refractivity contribution in [2.24, 2.45) is 4.99 Å². The van der Waals surface area contributed by atoms with Gasteiger partial charge < -0.3 is 14.2 Å². The van der Waals surface area contributed by atoms with Crippen LogP contribution >= 0.6 is 23.5 Å². The molecule has 0 aliphatic carbocycles. The van der Waals surface area contributed by atoms with E-state index in [-0.39, 0.29) is 10.9 Å². The van der Waals surface area contributed by atoms with Crippen molar-refractivity contribution in [1.82, 2.24) is 0 Å². The molecule has 0 radical (unpaired) electrons. The van der Waals surface area contributed by atoms with Gasteiger partial charge in [-0.25, -0.2) is 4.79 Å². The molecule has 6 nitrogen and oxygen atoms in total. The zero-order valence-electron chi connectivity index (χ0n) is 23.7. The lowest BCUT2D eigenvalue weighted by Crippen LogP contribution is -2.33. The zero-order chi connectivity index (χ0) is 30.4. The van der Waals surface area contributed by atoms with Gasteiger partial charge in [0.05, 0.1) is 11.8 Å². The lowest BCUT2D eigenvalue weighted by Gasteiger charge is -2.26. The average Bonchev–Trinajstić information content (AvgIpc) is 2.90. The van der Waals surface area contributed by atoms with Crippen LogP contribution < -0.4 is 0 Å². The lowest BCUT2D eigenvalue weighted by atomic mass is 10.00. The first-order valence-corrected chi connectivity index (χ1v) is 15.6. The van der Waals surface area contributed by atoms with E-state index in [1.165, 1.54) is 19.1 Å². The predicted octanol–water partition coefficient (Wildman–Crippen LogP) is 8.29. The molecule has 0 aliphatic rings. The number of alkyl halides is 2. The molecule has 10 heteroatoms. The van der Waals surface area contributed by atoms with Gasteiger partial charge in [-0.2, -0.15) is 8.78 Å². The molecule has 0 spiro atoms. The maximum Gasteiger partial charge on any atom is 0.402 e. The molecule has 0 amide bonds. The van der Waals surface area contributed by atoms with Gasteiger partial charge in [-0.05, 0) is 45.7 Å². The Hall–Kier alpha value is -2.71. The molecule has 0 heterocycles. The molecule has 0 saturated heterocycles. The van der Waals surface area contributed by atoms with Crippen molar-refractivity contribution >= 4 is 35.2 Å². The molecule has 3 unspecified atom stereocenters. The van der Waals surface area contributed by atoms with Crippen LogP contribution in [-0.4, -0.2) is 34.3 Å². The fourth-order valence-corrected chi connectivity index (χ4v) is 6.00. The van der Waals surface area contributed by atoms with Crippen LogP contribution in [0.3, 0.4) is 0 Å². The van der Waals surface area contributed by atoms with E-state index in [0.717, 1.165) is 17.2 Å². The first kappa shape index (κ1) is 32.8. The van der Waals surface area contributed by atoms with Crippen LogP contribution in [0.15, 0.2) is 88.3 Å². The van der Waals surface area contributed by atoms with E-state index in [9.17, 15) is 14.3 Å². The number of rotatable bonds is 11. The van der Waals surface area contributed by atoms with E-state index in [4.69, 9.17) is 14.3 Å². The second-order valence-corrected chi connectivity index (χ2v) is 13.3. The SMILES string of the molecule is CCC(C)OP(=O)(O)C(F)(F)c1ccc(CC(N=C(c2ccccc2)c2ccccc2)C(=O)OC(C)(C)C)cc1Br. The largest absolute Gasteiger partial charge is 0.458 e. The number of ether oxygens (including phenoxy) is 1. The van der Waals surface area contributed by atoms with E-state index < -0.39 is 42.5 Å². The predicted molar refractivity (Wildman–Crippen MR) is 161 cm³/mol. The Morgan fingerprint density at radius 3 is 2.00 bits per heavy atom. The van der Waals surface area contributed by atoms with E-state index in [0.29, 0.717) is 17.7 Å². The molecule has 41 heavy (non-hydrogen) atoms. The van der Waals surface area contributed by atoms with Crippen LogP contribution in [-0.2, 0) is 30.7 Å². The van der Waals surface area contributed by atoms with Crippen molar-refractivity contribution in [3.8, 4) is 0 Å². The number of carbonyl (C=O) groups is 1. The smallest absolute Gasteiger partial charge is 0.402 e. The highest BCUT2D eigenvalue weighted by Crippen LogP contribution is 2.64. The van der Waals surface area contributed by atoms with Crippen LogP contribution in [0.1, 0.15) is 63.3 Å². The third kappa shape index (κ3) is 8.65. The Labute approximate surface area is 248 Å². The fraction of sp³-hybridized carbons (Fsp3) is 0.355. The third-order valence-electron chi connectivity index (χ3n) is 6.10. The highest BCUT2D eigenvalue weighted by atomic mass is 79.9. The summed E-state index contributed by atoms with van der Waals surface area (Å²) in [7, 11) is -5.35. The van der Waals surface area contributed by atoms with Crippen LogP contribution in [0.4, 0.5) is 8.78 Å². The van der Waals surface area contributed by atoms with Crippen molar-refractivity contribution in [2.45, 2.75) is 70.9 Å². The molecular formula is C31H35BrF2NO5P. The maximum atomic E-state index is 15.2. The van der Waals surface area contributed by atoms with Crippen molar-refractivity contribution in [2.75, 3.05) is 0 Å². The summed E-state index contributed by atoms with van der Waals surface area (Å²) in [6.07, 6.45) is -0.505. The minimum absolute atomic E-state index is 0.0304. The Morgan fingerprint density at radius 1 is 1.00 bits per heavy atom. The number of esters is 1. The van der Waals surface area contributed by atoms with Gasteiger partial charge in [0.25, 0.3) is 0 Å². The summed E-state index contributed by atoms with van der Waals surface area (Å²) in [6, 6.07) is 21.6. The van der Waals surface area contributed by atoms with Gasteiger partial charge in [0, 0.05) is 27.6 Å². The third-order valence-corrected chi connectivity index (χ3v) is 8.35. The molecule has 3 atom stereocenters. The summed E-state index contributed by atoms with van der Waals surface area (Å²) in [6.45, 7) is 8.38. The number of hydrogen-bond donors (Lipinski definition) is 1. The Kier molecular flexibility index (Phi) is 10.8. The summed E-state index contributed by atoms with van der Waals surface area (Å²) >= 11 is 3.14.